The molecule has 12 saturated carbocycles. The number of amides is 6. The highest BCUT2D eigenvalue weighted by Crippen LogP contribution is 2.62. The van der Waals surface area contributed by atoms with E-state index in [1.54, 1.807) is 26.0 Å². The van der Waals surface area contributed by atoms with Gasteiger partial charge >= 0.3 is 35.8 Å². The molecule has 24 atom stereocenters. The van der Waals surface area contributed by atoms with Gasteiger partial charge in [0.05, 0.1) is 123 Å². The van der Waals surface area contributed by atoms with E-state index in [1.165, 1.54) is 133 Å². The lowest BCUT2D eigenvalue weighted by molar-refractivity contribution is -0.219. The molecular formula is C106H170N14O30. The first-order chi connectivity index (χ1) is 71.1. The molecule has 18 rings (SSSR count). The Morgan fingerprint density at radius 3 is 1.07 bits per heavy atom. The van der Waals surface area contributed by atoms with Gasteiger partial charge in [0, 0.05) is 142 Å². The van der Waals surface area contributed by atoms with E-state index in [4.69, 9.17) is 57.8 Å². The maximum atomic E-state index is 13.5. The summed E-state index contributed by atoms with van der Waals surface area (Å²) in [7, 11) is 4.40. The fourth-order valence-corrected chi connectivity index (χ4v) is 29.3. The highest BCUT2D eigenvalue weighted by molar-refractivity contribution is 5.91. The van der Waals surface area contributed by atoms with Crippen molar-refractivity contribution < 1.29 is 145 Å². The van der Waals surface area contributed by atoms with Gasteiger partial charge in [-0.2, -0.15) is 0 Å². The summed E-state index contributed by atoms with van der Waals surface area (Å²) in [5.74, 6) is -3.65. The van der Waals surface area contributed by atoms with Gasteiger partial charge in [0.25, 0.3) is 0 Å². The average Bonchev–Trinajstić information content (AvgIpc) is 0.676. The summed E-state index contributed by atoms with van der Waals surface area (Å²) >= 11 is 0. The van der Waals surface area contributed by atoms with E-state index in [9.17, 15) is 93.3 Å². The van der Waals surface area contributed by atoms with E-state index in [1.807, 2.05) is 27.7 Å². The molecule has 24 unspecified atom stereocenters. The van der Waals surface area contributed by atoms with Crippen LogP contribution in [0.25, 0.3) is 0 Å². The highest BCUT2D eigenvalue weighted by atomic mass is 16.6. The Morgan fingerprint density at radius 1 is 0.440 bits per heavy atom. The number of carbonyl (C=O) groups is 12. The lowest BCUT2D eigenvalue weighted by Gasteiger charge is -2.59. The number of carboxylic acid groups (broad SMARTS) is 4. The van der Waals surface area contributed by atoms with Gasteiger partial charge in [-0.1, -0.05) is 27.7 Å². The molecule has 44 nitrogen and oxygen atoms in total. The van der Waals surface area contributed by atoms with Crippen molar-refractivity contribution in [1.29, 1.82) is 0 Å². The Kier molecular flexibility index (Phi) is 40.1. The molecule has 0 aromatic rings. The first-order valence-corrected chi connectivity index (χ1v) is 54.6. The Bertz CT molecular complexity index is 4760. The van der Waals surface area contributed by atoms with Crippen molar-refractivity contribution in [3.05, 3.63) is 35.1 Å². The smallest absolute Gasteiger partial charge is 0.370 e. The number of carboxylic acids is 4. The molecule has 0 aromatic carbocycles. The van der Waals surface area contributed by atoms with Gasteiger partial charge in [0.15, 0.2) is 5.96 Å². The minimum atomic E-state index is -2.24. The SMILES string of the molecule is CCOC(=O)C1=CC(OC(CC)CC)C(NC(C)=O)C(NC2(C(=O)O)CC(OC)C(NC(C)=O)C(CNC(C)C34CC5CC(CC(C5)C3)C4)O2)C1.CCOC(=O)C1=CC(OC(CC)CC)C(NC(C)=O)C(NC2(C(=O)O)CC(OC)C(NC(C)=O)C(CNC34CC5CC(CC(C5)C3)C4)O2)C1.COC1CC(NC(N)=NC2C=C(C(=O)O)OC(C(O)C(O)CO)C2NC(C)=O)(C(=O)O)OC(CNC23CC4CC(CC(C4)C2)C3)C1NC(C)=O. The molecule has 844 valence electrons. The van der Waals surface area contributed by atoms with E-state index in [-0.39, 0.29) is 116 Å². The van der Waals surface area contributed by atoms with Crippen LogP contribution >= 0.6 is 0 Å². The molecule has 6 amide bonds. The number of nitrogens with one attached hydrogen (secondary N) is 12. The van der Waals surface area contributed by atoms with Crippen LogP contribution in [-0.2, 0) is 110 Å². The predicted molar refractivity (Wildman–Crippen MR) is 543 cm³/mol. The number of guanidine groups is 1. The van der Waals surface area contributed by atoms with Crippen molar-refractivity contribution in [2.24, 2.45) is 69.4 Å². The van der Waals surface area contributed by atoms with Gasteiger partial charge in [-0.05, 0) is 252 Å². The van der Waals surface area contributed by atoms with Gasteiger partial charge in [0.2, 0.25) is 58.4 Å². The predicted octanol–water partition coefficient (Wildman–Crippen LogP) is 3.26. The summed E-state index contributed by atoms with van der Waals surface area (Å²) in [5, 5.41) is 110. The summed E-state index contributed by atoms with van der Waals surface area (Å²) in [6.07, 6.45) is 16.4. The monoisotopic (exact) mass is 2120 g/mol. The molecule has 0 aromatic heterocycles. The fraction of sp³-hybridized carbons (Fsp3) is 0.821. The Hall–Kier alpha value is -8.71. The zero-order valence-corrected chi connectivity index (χ0v) is 90.1. The summed E-state index contributed by atoms with van der Waals surface area (Å²) in [6.45, 7) is 22.1. The third-order valence-corrected chi connectivity index (χ3v) is 34.8. The van der Waals surface area contributed by atoms with Crippen LogP contribution in [-0.4, -0.2) is 342 Å². The lowest BCUT2D eigenvalue weighted by atomic mass is 9.48. The molecule has 15 fully saturated rings. The fourth-order valence-electron chi connectivity index (χ4n) is 29.3. The standard InChI is InChI=1S/C38H62N4O9.C36H58N4O9.C32H50N6O12/c1-8-28(9-2)50-30-15-27(35(45)49-10-3)14-29(33(30)40-22(5)43)42-38(36(46)47)19-31(48-7)34(41-23(6)44)32(51-38)20-39-21(4)37-16-24-11-25(17-37)13-26(12-24)18-37;1-7-26(8-2)48-28-14-25(33(43)47-9-3)13-27(31(28)38-20(4)41)40-36(34(44)45)18-29(46-6)32(39-21(5)42)30(49-36)19-37-35-15-22-10-23(16-35)12-24(11-22)17-35;1-14(40)35-24-19(7-21(28(44)45)49-27(24)26(43)20(42)13-39)37-30(33)38-32(29(46)47)11-22(48-3)25(36-15(2)41)23(50-32)12-34-31-8-16-4-17(9-31)6-18(5-16)10-31/h15,21,24-26,28-34,39,42H,8-14,16-20H2,1-7H3,(H,40,43)(H,41,44)(H,46,47);14,22-24,26-32,37,40H,7-13,15-19H2,1-6H3,(H,38,41)(H,39,42)(H,44,45);7,16-20,22-27,34,39,42-43H,4-6,8-13H2,1-3H3,(H,35,40)(H,36,41)(H,44,45)(H,46,47)(H3,33,37,38). The molecule has 21 N–H and O–H groups in total. The van der Waals surface area contributed by atoms with Gasteiger partial charge < -0.3 is 147 Å². The number of aliphatic carboxylic acids is 4. The third kappa shape index (κ3) is 28.0. The second kappa shape index (κ2) is 50.9. The van der Waals surface area contributed by atoms with Crippen molar-refractivity contribution in [3.63, 3.8) is 0 Å². The number of nitrogens with two attached hydrogens (primary N) is 1. The minimum Gasteiger partial charge on any atom is -0.478 e. The summed E-state index contributed by atoms with van der Waals surface area (Å²) in [4.78, 5) is 157. The molecule has 0 radical (unpaired) electrons. The molecule has 18 aliphatic rings. The quantitative estimate of drug-likeness (QED) is 0.0236. The van der Waals surface area contributed by atoms with Crippen LogP contribution in [0.3, 0.4) is 0 Å². The van der Waals surface area contributed by atoms with Gasteiger partial charge in [-0.15, -0.1) is 0 Å². The molecule has 14 aliphatic carbocycles. The van der Waals surface area contributed by atoms with Crippen molar-refractivity contribution in [2.75, 3.05) is 60.8 Å². The van der Waals surface area contributed by atoms with E-state index >= 15 is 0 Å². The van der Waals surface area contributed by atoms with Crippen LogP contribution in [0.1, 0.15) is 263 Å². The number of aliphatic hydroxyl groups is 3. The van der Waals surface area contributed by atoms with Crippen LogP contribution in [0.4, 0.5) is 0 Å². The number of methoxy groups -OCH3 is 3. The first-order valence-electron chi connectivity index (χ1n) is 54.6. The second-order valence-electron chi connectivity index (χ2n) is 45.8. The number of aliphatic imine (C=N–C) groups is 1. The molecule has 12 bridgehead atoms. The molecule has 4 heterocycles. The number of aliphatic hydroxyl groups excluding tert-OH is 3. The maximum absolute atomic E-state index is 13.5. The number of hydrogen-bond acceptors (Lipinski definition) is 32. The Labute approximate surface area is 878 Å². The van der Waals surface area contributed by atoms with Crippen LogP contribution in [0.15, 0.2) is 40.1 Å². The number of carbonyl (C=O) groups excluding carboxylic acids is 8. The van der Waals surface area contributed by atoms with Crippen molar-refractivity contribution in [3.8, 4) is 0 Å². The van der Waals surface area contributed by atoms with Gasteiger partial charge in [0.1, 0.15) is 18.3 Å². The van der Waals surface area contributed by atoms with E-state index in [2.05, 4.69) is 75.7 Å². The van der Waals surface area contributed by atoms with Gasteiger partial charge in [-0.25, -0.2) is 33.8 Å². The maximum Gasteiger partial charge on any atom is 0.370 e. The minimum absolute atomic E-state index is 0.0307. The topological polar surface area (TPSA) is 631 Å². The molecule has 0 spiro atoms. The molecule has 4 aliphatic heterocycles. The highest BCUT2D eigenvalue weighted by Gasteiger charge is 2.63. The lowest BCUT2D eigenvalue weighted by Crippen LogP contribution is -2.73. The zero-order valence-electron chi connectivity index (χ0n) is 90.1. The van der Waals surface area contributed by atoms with Crippen LogP contribution < -0.4 is 69.5 Å². The zero-order chi connectivity index (χ0) is 109. The largest absolute Gasteiger partial charge is 0.478 e. The Balaban J connectivity index is 0.000000187. The Morgan fingerprint density at radius 2 is 0.760 bits per heavy atom. The summed E-state index contributed by atoms with van der Waals surface area (Å²) < 4.78 is 66.2. The number of esters is 2. The van der Waals surface area contributed by atoms with Crippen molar-refractivity contribution in [2.45, 2.75) is 431 Å². The summed E-state index contributed by atoms with van der Waals surface area (Å²) in [5.41, 5.74) is 0.778. The molecular weight excluding hydrogens is 1950 g/mol. The number of ether oxygens (including phenoxy) is 11. The number of hydrogen-bond donors (Lipinski definition) is 20. The first kappa shape index (κ1) is 118. The number of nitrogens with zero attached hydrogens (tertiary/aromatic N) is 1. The van der Waals surface area contributed by atoms with Gasteiger partial charge in [-0.3, -0.25) is 39.4 Å². The third-order valence-electron chi connectivity index (χ3n) is 34.8. The van der Waals surface area contributed by atoms with Crippen molar-refractivity contribution >= 4 is 77.2 Å². The van der Waals surface area contributed by atoms with E-state index in [0.29, 0.717) is 85.4 Å². The second-order valence-corrected chi connectivity index (χ2v) is 45.8. The molecule has 150 heavy (non-hydrogen) atoms. The van der Waals surface area contributed by atoms with Crippen LogP contribution in [0, 0.1) is 58.7 Å². The summed E-state index contributed by atoms with van der Waals surface area (Å²) in [6, 6.07) is -7.56. The normalized spacial score (nSPS) is 38.3. The molecule has 44 heteroatoms. The van der Waals surface area contributed by atoms with E-state index in [0.717, 1.165) is 69.3 Å². The average molecular weight is 2120 g/mol. The van der Waals surface area contributed by atoms with Crippen LogP contribution in [0.2, 0.25) is 0 Å². The van der Waals surface area contributed by atoms with E-state index < -0.39 is 199 Å². The number of rotatable bonds is 44. The van der Waals surface area contributed by atoms with Crippen molar-refractivity contribution in [1.82, 2.24) is 63.8 Å². The molecule has 3 saturated heterocycles. The van der Waals surface area contributed by atoms with Crippen LogP contribution in [0.5, 0.6) is 0 Å².